The molecule has 222 valence electrons. The first-order valence-electron chi connectivity index (χ1n) is 14.5. The molecule has 7 heteroatoms. The number of ether oxygens (including phenoxy) is 1. The van der Waals surface area contributed by atoms with Gasteiger partial charge in [-0.2, -0.15) is 0 Å². The van der Waals surface area contributed by atoms with Gasteiger partial charge in [-0.3, -0.25) is 9.59 Å². The van der Waals surface area contributed by atoms with E-state index in [1.54, 1.807) is 20.8 Å². The molecule has 3 N–H and O–H groups in total. The molecule has 0 heterocycles. The monoisotopic (exact) mass is 577 g/mol. The zero-order valence-electron chi connectivity index (χ0n) is 24.9. The Morgan fingerprint density at radius 3 is 1.56 bits per heavy atom. The smallest absolute Gasteiger partial charge is 0.408 e. The number of benzene rings is 4. The Balaban J connectivity index is 1.63. The molecule has 0 aromatic heterocycles. The lowest BCUT2D eigenvalue weighted by Crippen LogP contribution is -2.53. The summed E-state index contributed by atoms with van der Waals surface area (Å²) in [6, 6.07) is 37.7. The Kier molecular flexibility index (Phi) is 10.3. The number of carbonyl (C=O) groups is 3. The molecular weight excluding hydrogens is 538 g/mol. The minimum atomic E-state index is -1.16. The molecule has 4 aromatic carbocycles. The first-order chi connectivity index (χ1) is 20.7. The van der Waals surface area contributed by atoms with Crippen LogP contribution in [0, 0.1) is 0 Å². The third-order valence-corrected chi connectivity index (χ3v) is 6.90. The fraction of sp³-hybridized carbons (Fsp3) is 0.250. The summed E-state index contributed by atoms with van der Waals surface area (Å²) in [5.74, 6) is -0.891. The van der Waals surface area contributed by atoms with E-state index in [1.807, 2.05) is 121 Å². The molecule has 7 nitrogen and oxygen atoms in total. The number of alkyl carbamates (subject to hydrolysis) is 1. The van der Waals surface area contributed by atoms with Crippen LogP contribution in [0.25, 0.3) is 0 Å². The summed E-state index contributed by atoms with van der Waals surface area (Å²) in [4.78, 5) is 40.1. The lowest BCUT2D eigenvalue weighted by Gasteiger charge is -2.37. The van der Waals surface area contributed by atoms with E-state index in [9.17, 15) is 14.4 Å². The van der Waals surface area contributed by atoms with E-state index in [2.05, 4.69) is 16.0 Å². The van der Waals surface area contributed by atoms with Crippen LogP contribution in [-0.2, 0) is 26.3 Å². The zero-order valence-corrected chi connectivity index (χ0v) is 24.9. The molecule has 3 amide bonds. The van der Waals surface area contributed by atoms with Crippen LogP contribution in [0.1, 0.15) is 49.4 Å². The number of amides is 3. The lowest BCUT2D eigenvalue weighted by atomic mass is 9.77. The lowest BCUT2D eigenvalue weighted by molar-refractivity contribution is -0.129. The van der Waals surface area contributed by atoms with Gasteiger partial charge in [0.15, 0.2) is 0 Å². The van der Waals surface area contributed by atoms with Crippen molar-refractivity contribution in [3.05, 3.63) is 144 Å². The van der Waals surface area contributed by atoms with E-state index in [4.69, 9.17) is 4.74 Å². The number of carbonyl (C=O) groups excluding carboxylic acids is 3. The third kappa shape index (κ3) is 8.55. The number of hydrogen-bond donors (Lipinski definition) is 3. The molecule has 0 saturated carbocycles. The molecule has 43 heavy (non-hydrogen) atoms. The maximum atomic E-state index is 14.0. The number of rotatable bonds is 11. The first kappa shape index (κ1) is 31.0. The second kappa shape index (κ2) is 14.3. The molecule has 4 aromatic rings. The van der Waals surface area contributed by atoms with Gasteiger partial charge in [0.05, 0.1) is 6.42 Å². The highest BCUT2D eigenvalue weighted by Crippen LogP contribution is 2.36. The van der Waals surface area contributed by atoms with Crippen molar-refractivity contribution in [1.29, 1.82) is 0 Å². The maximum Gasteiger partial charge on any atom is 0.408 e. The van der Waals surface area contributed by atoms with E-state index in [0.717, 1.165) is 22.3 Å². The van der Waals surface area contributed by atoms with E-state index >= 15 is 0 Å². The normalized spacial score (nSPS) is 12.1. The molecule has 0 spiro atoms. The third-order valence-electron chi connectivity index (χ3n) is 6.90. The average Bonchev–Trinajstić information content (AvgIpc) is 3.00. The highest BCUT2D eigenvalue weighted by atomic mass is 16.6. The van der Waals surface area contributed by atoms with Crippen LogP contribution in [0.2, 0.25) is 0 Å². The Morgan fingerprint density at radius 2 is 1.12 bits per heavy atom. The van der Waals surface area contributed by atoms with E-state index < -0.39 is 35.1 Å². The van der Waals surface area contributed by atoms with Gasteiger partial charge in [-0.1, -0.05) is 121 Å². The van der Waals surface area contributed by atoms with Crippen LogP contribution >= 0.6 is 0 Å². The molecule has 0 aliphatic carbocycles. The van der Waals surface area contributed by atoms with Crippen molar-refractivity contribution in [2.45, 2.75) is 50.8 Å². The number of hydrogen-bond acceptors (Lipinski definition) is 4. The van der Waals surface area contributed by atoms with Gasteiger partial charge < -0.3 is 20.7 Å². The summed E-state index contributed by atoms with van der Waals surface area (Å²) in [6.45, 7) is 5.56. The van der Waals surface area contributed by atoms with Crippen LogP contribution in [-0.4, -0.2) is 36.1 Å². The number of nitrogens with one attached hydrogen (secondary N) is 3. The summed E-state index contributed by atoms with van der Waals surface area (Å²) in [5, 5.41) is 8.75. The standard InChI is InChI=1S/C36H39N3O4/c1-35(2,3)43-34(42)38-31(33(41)37-25-24-27-16-8-4-9-17-27)26-32(40)39-36(28-18-10-5-11-19-28,29-20-12-6-13-21-29)30-22-14-7-15-23-30/h4-23,31H,24-26H2,1-3H3,(H,37,41)(H,38,42)(H,39,40). The van der Waals surface area contributed by atoms with Gasteiger partial charge >= 0.3 is 6.09 Å². The molecule has 1 atom stereocenters. The molecule has 4 rings (SSSR count). The van der Waals surface area contributed by atoms with Crippen LogP contribution < -0.4 is 16.0 Å². The van der Waals surface area contributed by atoms with E-state index in [0.29, 0.717) is 13.0 Å². The SMILES string of the molecule is CC(C)(C)OC(=O)NC(CC(=O)NC(c1ccccc1)(c1ccccc1)c1ccccc1)C(=O)NCCc1ccccc1. The van der Waals surface area contributed by atoms with Crippen molar-refractivity contribution in [3.8, 4) is 0 Å². The predicted octanol–water partition coefficient (Wildman–Crippen LogP) is 5.74. The summed E-state index contributed by atoms with van der Waals surface area (Å²) in [6.07, 6.45) is -0.467. The van der Waals surface area contributed by atoms with E-state index in [1.165, 1.54) is 0 Å². The Labute approximate surface area is 253 Å². The minimum absolute atomic E-state index is 0.301. The van der Waals surface area contributed by atoms with Gasteiger partial charge in [-0.15, -0.1) is 0 Å². The molecule has 0 bridgehead atoms. The van der Waals surface area contributed by atoms with Gasteiger partial charge in [0.1, 0.15) is 17.2 Å². The van der Waals surface area contributed by atoms with Gasteiger partial charge in [-0.25, -0.2) is 4.79 Å². The summed E-state index contributed by atoms with van der Waals surface area (Å²) < 4.78 is 5.42. The molecule has 0 aliphatic heterocycles. The van der Waals surface area contributed by atoms with Crippen molar-refractivity contribution in [2.24, 2.45) is 0 Å². The van der Waals surface area contributed by atoms with Crippen molar-refractivity contribution < 1.29 is 19.1 Å². The van der Waals surface area contributed by atoms with Crippen LogP contribution in [0.4, 0.5) is 4.79 Å². The summed E-state index contributed by atoms with van der Waals surface area (Å²) in [5.41, 5.74) is 1.79. The van der Waals surface area contributed by atoms with Gasteiger partial charge in [0, 0.05) is 6.54 Å². The second-order valence-corrected chi connectivity index (χ2v) is 11.3. The Morgan fingerprint density at radius 1 is 0.674 bits per heavy atom. The minimum Gasteiger partial charge on any atom is -0.444 e. The second-order valence-electron chi connectivity index (χ2n) is 11.3. The molecule has 0 aliphatic rings. The van der Waals surface area contributed by atoms with Gasteiger partial charge in [-0.05, 0) is 49.4 Å². The van der Waals surface area contributed by atoms with E-state index in [-0.39, 0.29) is 6.42 Å². The Bertz CT molecular complexity index is 1370. The largest absolute Gasteiger partial charge is 0.444 e. The zero-order chi connectivity index (χ0) is 30.7. The van der Waals surface area contributed by atoms with Crippen molar-refractivity contribution in [2.75, 3.05) is 6.54 Å². The topological polar surface area (TPSA) is 96.5 Å². The highest BCUT2D eigenvalue weighted by Gasteiger charge is 2.39. The highest BCUT2D eigenvalue weighted by molar-refractivity contribution is 5.91. The van der Waals surface area contributed by atoms with Crippen molar-refractivity contribution in [3.63, 3.8) is 0 Å². The first-order valence-corrected chi connectivity index (χ1v) is 14.5. The van der Waals surface area contributed by atoms with Crippen molar-refractivity contribution in [1.82, 2.24) is 16.0 Å². The summed E-state index contributed by atoms with van der Waals surface area (Å²) >= 11 is 0. The molecule has 0 radical (unpaired) electrons. The fourth-order valence-corrected chi connectivity index (χ4v) is 4.98. The predicted molar refractivity (Wildman–Crippen MR) is 168 cm³/mol. The fourth-order valence-electron chi connectivity index (χ4n) is 4.98. The van der Waals surface area contributed by atoms with Crippen LogP contribution in [0.15, 0.2) is 121 Å². The summed E-state index contributed by atoms with van der Waals surface area (Å²) in [7, 11) is 0. The Hall–Kier alpha value is -4.91. The van der Waals surface area contributed by atoms with Crippen molar-refractivity contribution >= 4 is 17.9 Å². The van der Waals surface area contributed by atoms with Crippen LogP contribution in [0.5, 0.6) is 0 Å². The molecule has 1 unspecified atom stereocenters. The molecule has 0 fully saturated rings. The quantitative estimate of drug-likeness (QED) is 0.198. The molecule has 0 saturated heterocycles. The van der Waals surface area contributed by atoms with Crippen LogP contribution in [0.3, 0.4) is 0 Å². The maximum absolute atomic E-state index is 14.0. The van der Waals surface area contributed by atoms with Gasteiger partial charge in [0.25, 0.3) is 0 Å². The average molecular weight is 578 g/mol. The van der Waals surface area contributed by atoms with Gasteiger partial charge in [0.2, 0.25) is 11.8 Å². The molecular formula is C36H39N3O4.